The van der Waals surface area contributed by atoms with Gasteiger partial charge in [0.2, 0.25) is 0 Å². The SMILES string of the molecule is CC#N.CCCC[N+](CCCC)(CCCC)CCCC.O=P([O-])(O)O.[Br-].[K+]. The average molecular weight is 500 g/mol. The van der Waals surface area contributed by atoms with Crippen LogP contribution in [0.15, 0.2) is 0 Å². The summed E-state index contributed by atoms with van der Waals surface area (Å²) in [5.41, 5.74) is 0. The van der Waals surface area contributed by atoms with Gasteiger partial charge in [0.15, 0.2) is 0 Å². The first kappa shape index (κ1) is 39.2. The number of halogens is 1. The zero-order valence-corrected chi connectivity index (χ0v) is 24.0. The standard InChI is InChI=1S/C16H36N.C2H3N.BrH.K.H3O4P/c1-5-9-13-17(14-10-6-2,15-11-7-3)16-12-8-4;1-2-3;;;1-5(2,3)4/h5-16H2,1-4H3;1H3;1H;;(H3,1,2,3,4)/q+1;;;+1;/p-2. The van der Waals surface area contributed by atoms with E-state index >= 15 is 0 Å². The maximum atomic E-state index is 8.77. The summed E-state index contributed by atoms with van der Waals surface area (Å²) < 4.78 is 10.2. The van der Waals surface area contributed by atoms with Gasteiger partial charge < -0.3 is 36.1 Å². The average Bonchev–Trinajstić information content (AvgIpc) is 2.53. The van der Waals surface area contributed by atoms with Crippen LogP contribution in [0.5, 0.6) is 0 Å². The van der Waals surface area contributed by atoms with Crippen molar-refractivity contribution in [3.63, 3.8) is 0 Å². The Bertz CT molecular complexity index is 320. The number of nitriles is 1. The van der Waals surface area contributed by atoms with Crippen LogP contribution in [-0.2, 0) is 4.57 Å². The summed E-state index contributed by atoms with van der Waals surface area (Å²) in [6.45, 7) is 16.4. The molecule has 0 heterocycles. The van der Waals surface area contributed by atoms with E-state index in [0.717, 1.165) is 0 Å². The Balaban J connectivity index is -0.000000137. The summed E-state index contributed by atoms with van der Waals surface area (Å²) in [5, 5.41) is 7.32. The smallest absolute Gasteiger partial charge is 1.00 e. The van der Waals surface area contributed by atoms with Gasteiger partial charge in [-0.05, 0) is 25.7 Å². The second kappa shape index (κ2) is 27.7. The Labute approximate surface area is 221 Å². The van der Waals surface area contributed by atoms with Gasteiger partial charge in [-0.2, -0.15) is 5.26 Å². The minimum absolute atomic E-state index is 0. The molecule has 0 aliphatic carbocycles. The number of rotatable bonds is 12. The van der Waals surface area contributed by atoms with Gasteiger partial charge in [0.25, 0.3) is 7.82 Å². The second-order valence-corrected chi connectivity index (χ2v) is 7.35. The first-order chi connectivity index (χ1) is 11.7. The van der Waals surface area contributed by atoms with E-state index in [2.05, 4.69) is 27.7 Å². The molecule has 160 valence electrons. The molecule has 0 aromatic carbocycles. The van der Waals surface area contributed by atoms with Crippen molar-refractivity contribution in [2.45, 2.75) is 86.0 Å². The van der Waals surface area contributed by atoms with Crippen molar-refractivity contribution >= 4 is 7.82 Å². The van der Waals surface area contributed by atoms with Gasteiger partial charge in [0.05, 0.1) is 32.2 Å². The number of hydrogen-bond donors (Lipinski definition) is 2. The Morgan fingerprint density at radius 1 is 0.852 bits per heavy atom. The Morgan fingerprint density at radius 3 is 1.11 bits per heavy atom. The predicted octanol–water partition coefficient (Wildman–Crippen LogP) is -2.02. The molecule has 0 aliphatic rings. The summed E-state index contributed by atoms with van der Waals surface area (Å²) in [4.78, 5) is 22.9. The Morgan fingerprint density at radius 2 is 1.00 bits per heavy atom. The topological polar surface area (TPSA) is 104 Å². The Hall–Kier alpha value is 1.68. The summed E-state index contributed by atoms with van der Waals surface area (Å²) in [6, 6.07) is 1.75. The van der Waals surface area contributed by atoms with Crippen LogP contribution in [0.1, 0.15) is 86.0 Å². The number of phosphoric acid groups is 1. The zero-order chi connectivity index (χ0) is 20.2. The third-order valence-corrected chi connectivity index (χ3v) is 3.94. The third-order valence-electron chi connectivity index (χ3n) is 3.94. The van der Waals surface area contributed by atoms with Crippen LogP contribution in [-0.4, -0.2) is 40.4 Å². The molecule has 2 N–H and O–H groups in total. The van der Waals surface area contributed by atoms with Crippen LogP contribution in [0, 0.1) is 11.3 Å². The molecule has 27 heavy (non-hydrogen) atoms. The van der Waals surface area contributed by atoms with Gasteiger partial charge in [-0.3, -0.25) is 4.57 Å². The maximum Gasteiger partial charge on any atom is 1.00 e. The molecular formula is C18H41BrKN2O4P. The fourth-order valence-corrected chi connectivity index (χ4v) is 2.64. The summed E-state index contributed by atoms with van der Waals surface area (Å²) in [7, 11) is -4.89. The molecule has 0 rings (SSSR count). The summed E-state index contributed by atoms with van der Waals surface area (Å²) in [6.07, 6.45) is 11.1. The van der Waals surface area contributed by atoms with Crippen molar-refractivity contribution in [3.05, 3.63) is 0 Å². The van der Waals surface area contributed by atoms with E-state index in [1.165, 1.54) is 89.0 Å². The van der Waals surface area contributed by atoms with E-state index in [9.17, 15) is 0 Å². The van der Waals surface area contributed by atoms with Crippen molar-refractivity contribution in [1.29, 1.82) is 5.26 Å². The fraction of sp³-hybridized carbons (Fsp3) is 0.944. The van der Waals surface area contributed by atoms with E-state index < -0.39 is 7.82 Å². The molecule has 0 amide bonds. The third kappa shape index (κ3) is 38.8. The first-order valence-corrected chi connectivity index (χ1v) is 11.1. The van der Waals surface area contributed by atoms with E-state index in [1.54, 1.807) is 6.07 Å². The zero-order valence-electron chi connectivity index (χ0n) is 18.4. The molecule has 0 aromatic rings. The number of nitrogens with zero attached hydrogens (tertiary/aromatic N) is 2. The van der Waals surface area contributed by atoms with Gasteiger partial charge >= 0.3 is 51.4 Å². The van der Waals surface area contributed by atoms with E-state index in [1.807, 2.05) is 0 Å². The molecule has 0 bridgehead atoms. The number of hydrogen-bond acceptors (Lipinski definition) is 3. The van der Waals surface area contributed by atoms with E-state index in [4.69, 9.17) is 24.5 Å². The molecule has 0 aromatic heterocycles. The molecule has 0 saturated carbocycles. The molecule has 6 nitrogen and oxygen atoms in total. The van der Waals surface area contributed by atoms with Crippen LogP contribution in [0.4, 0.5) is 0 Å². The van der Waals surface area contributed by atoms with Crippen molar-refractivity contribution in [2.24, 2.45) is 0 Å². The normalized spacial score (nSPS) is 10.0. The number of quaternary nitrogens is 1. The minimum atomic E-state index is -4.89. The molecule has 0 aliphatic heterocycles. The van der Waals surface area contributed by atoms with Crippen LogP contribution >= 0.6 is 7.82 Å². The number of unbranched alkanes of at least 4 members (excludes halogenated alkanes) is 4. The largest absolute Gasteiger partial charge is 1.00 e. The van der Waals surface area contributed by atoms with Crippen molar-refractivity contribution in [2.75, 3.05) is 26.2 Å². The molecular weight excluding hydrogens is 458 g/mol. The van der Waals surface area contributed by atoms with Gasteiger partial charge in [-0.25, -0.2) is 0 Å². The quantitative estimate of drug-likeness (QED) is 0.183. The molecule has 9 heteroatoms. The maximum absolute atomic E-state index is 8.77. The molecule has 0 fully saturated rings. The second-order valence-electron chi connectivity index (χ2n) is 6.36. The van der Waals surface area contributed by atoms with Crippen molar-refractivity contribution < 1.29 is 92.1 Å². The van der Waals surface area contributed by atoms with Crippen LogP contribution in [0.25, 0.3) is 0 Å². The summed E-state index contributed by atoms with van der Waals surface area (Å²) >= 11 is 0. The van der Waals surface area contributed by atoms with Crippen molar-refractivity contribution in [1.82, 2.24) is 0 Å². The predicted molar refractivity (Wildman–Crippen MR) is 103 cm³/mol. The van der Waals surface area contributed by atoms with Gasteiger partial charge in [0, 0.05) is 6.92 Å². The Kier molecular flexibility index (Phi) is 40.2. The monoisotopic (exact) mass is 498 g/mol. The van der Waals surface area contributed by atoms with E-state index in [0.29, 0.717) is 0 Å². The first-order valence-electron chi connectivity index (χ1n) is 9.58. The van der Waals surface area contributed by atoms with Gasteiger partial charge in [0.1, 0.15) is 0 Å². The summed E-state index contributed by atoms with van der Waals surface area (Å²) in [5.74, 6) is 0. The molecule has 0 radical (unpaired) electrons. The van der Waals surface area contributed by atoms with Crippen molar-refractivity contribution in [3.8, 4) is 6.07 Å². The van der Waals surface area contributed by atoms with Crippen LogP contribution < -0.4 is 73.3 Å². The van der Waals surface area contributed by atoms with Crippen LogP contribution in [0.2, 0.25) is 0 Å². The fourth-order valence-electron chi connectivity index (χ4n) is 2.64. The molecule has 0 spiro atoms. The molecule has 0 saturated heterocycles. The van der Waals surface area contributed by atoms with Gasteiger partial charge in [-0.15, -0.1) is 0 Å². The molecule has 0 unspecified atom stereocenters. The van der Waals surface area contributed by atoms with E-state index in [-0.39, 0.29) is 68.4 Å². The molecule has 0 atom stereocenters. The minimum Gasteiger partial charge on any atom is -1.00 e. The van der Waals surface area contributed by atoms with Crippen LogP contribution in [0.3, 0.4) is 0 Å². The van der Waals surface area contributed by atoms with Gasteiger partial charge in [-0.1, -0.05) is 53.4 Å².